The monoisotopic (exact) mass is 371 g/mol. The van der Waals surface area contributed by atoms with Gasteiger partial charge in [0.1, 0.15) is 0 Å². The fourth-order valence-electron chi connectivity index (χ4n) is 3.32. The van der Waals surface area contributed by atoms with Crippen molar-refractivity contribution >= 4 is 0 Å². The van der Waals surface area contributed by atoms with Crippen LogP contribution in [0.4, 0.5) is 0 Å². The number of hydrogen-bond donors (Lipinski definition) is 1. The lowest BCUT2D eigenvalue weighted by Crippen LogP contribution is -2.47. The number of likely N-dealkylation sites (tertiary alicyclic amines) is 1. The number of nitrogens with zero attached hydrogens (tertiary/aromatic N) is 4. The van der Waals surface area contributed by atoms with Gasteiger partial charge in [-0.05, 0) is 86.1 Å². The Balaban J connectivity index is 0.000000492. The molecule has 0 saturated carbocycles. The summed E-state index contributed by atoms with van der Waals surface area (Å²) in [5.41, 5.74) is 0. The van der Waals surface area contributed by atoms with Crippen molar-refractivity contribution in [2.45, 2.75) is 40.0 Å². The van der Waals surface area contributed by atoms with Gasteiger partial charge in [0.25, 0.3) is 0 Å². The van der Waals surface area contributed by atoms with Gasteiger partial charge in [-0.15, -0.1) is 0 Å². The first-order valence-electron chi connectivity index (χ1n) is 11.0. The number of piperidine rings is 1. The van der Waals surface area contributed by atoms with Crippen molar-refractivity contribution in [2.24, 2.45) is 5.92 Å². The van der Waals surface area contributed by atoms with E-state index in [0.717, 1.165) is 19.0 Å². The Labute approximate surface area is 165 Å². The zero-order valence-corrected chi connectivity index (χ0v) is 19.1. The van der Waals surface area contributed by atoms with Gasteiger partial charge in [-0.25, -0.2) is 0 Å². The van der Waals surface area contributed by atoms with Crippen LogP contribution in [-0.2, 0) is 0 Å². The Morgan fingerprint density at radius 2 is 1.46 bits per heavy atom. The van der Waals surface area contributed by atoms with Gasteiger partial charge < -0.3 is 24.9 Å². The molecule has 2 aliphatic heterocycles. The van der Waals surface area contributed by atoms with Crippen molar-refractivity contribution in [3.8, 4) is 0 Å². The molecule has 5 heteroatoms. The first kappa shape index (κ1) is 25.8. The molecule has 0 bridgehead atoms. The summed E-state index contributed by atoms with van der Waals surface area (Å²) in [6.07, 6.45) is 4.06. The zero-order valence-electron chi connectivity index (χ0n) is 19.1. The Morgan fingerprint density at radius 3 is 1.96 bits per heavy atom. The van der Waals surface area contributed by atoms with Crippen LogP contribution in [0.3, 0.4) is 0 Å². The number of likely N-dealkylation sites (N-methyl/N-ethyl adjacent to an activating group) is 1. The molecule has 0 aromatic heterocycles. The summed E-state index contributed by atoms with van der Waals surface area (Å²) >= 11 is 0. The predicted molar refractivity (Wildman–Crippen MR) is 117 cm³/mol. The third-order valence-corrected chi connectivity index (χ3v) is 5.46. The molecule has 2 aliphatic rings. The highest BCUT2D eigenvalue weighted by Crippen LogP contribution is 2.17. The van der Waals surface area contributed by atoms with Crippen LogP contribution < -0.4 is 5.32 Å². The quantitative estimate of drug-likeness (QED) is 0.692. The van der Waals surface area contributed by atoms with Gasteiger partial charge in [-0.2, -0.15) is 0 Å². The molecule has 0 amide bonds. The molecule has 0 atom stereocenters. The van der Waals surface area contributed by atoms with E-state index in [1.54, 1.807) is 0 Å². The molecule has 0 aliphatic carbocycles. The smallest absolute Gasteiger partial charge is 0.0110 e. The van der Waals surface area contributed by atoms with E-state index in [9.17, 15) is 0 Å². The Hall–Kier alpha value is -0.200. The summed E-state index contributed by atoms with van der Waals surface area (Å²) in [6, 6.07) is 0. The molecular weight excluding hydrogens is 322 g/mol. The van der Waals surface area contributed by atoms with Gasteiger partial charge >= 0.3 is 0 Å². The number of piperazine rings is 1. The maximum Gasteiger partial charge on any atom is 0.0110 e. The first-order chi connectivity index (χ1) is 12.5. The van der Waals surface area contributed by atoms with E-state index < -0.39 is 0 Å². The molecule has 2 heterocycles. The van der Waals surface area contributed by atoms with Gasteiger partial charge in [0.05, 0.1) is 0 Å². The highest BCUT2D eigenvalue weighted by molar-refractivity contribution is 4.76. The molecule has 0 aromatic carbocycles. The predicted octanol–water partition coefficient (Wildman–Crippen LogP) is 2.15. The van der Waals surface area contributed by atoms with Gasteiger partial charge in [0.2, 0.25) is 0 Å². The largest absolute Gasteiger partial charge is 0.320 e. The maximum absolute atomic E-state index is 3.12. The zero-order chi connectivity index (χ0) is 19.8. The van der Waals surface area contributed by atoms with Crippen molar-refractivity contribution in [2.75, 3.05) is 93.6 Å². The van der Waals surface area contributed by atoms with Crippen LogP contribution in [0.25, 0.3) is 0 Å². The fraction of sp³-hybridized carbons (Fsp3) is 1.00. The molecule has 0 aromatic rings. The highest BCUT2D eigenvalue weighted by atomic mass is 15.2. The third kappa shape index (κ3) is 13.0. The second-order valence-electron chi connectivity index (χ2n) is 7.70. The summed E-state index contributed by atoms with van der Waals surface area (Å²) in [5, 5.41) is 3.12. The van der Waals surface area contributed by atoms with E-state index in [1.165, 1.54) is 71.6 Å². The topological polar surface area (TPSA) is 25.0 Å². The minimum atomic E-state index is 0.963. The third-order valence-electron chi connectivity index (χ3n) is 5.46. The molecule has 0 radical (unpaired) electrons. The first-order valence-corrected chi connectivity index (χ1v) is 11.0. The SMILES string of the molecule is CC.CCN(C)CCCNC.CN1CCC(CN2CCN(C)CC2)CC1. The van der Waals surface area contributed by atoms with Crippen LogP contribution >= 0.6 is 0 Å². The summed E-state index contributed by atoms with van der Waals surface area (Å²) in [5.74, 6) is 0.963. The summed E-state index contributed by atoms with van der Waals surface area (Å²) in [6.45, 7) is 18.7. The van der Waals surface area contributed by atoms with Crippen LogP contribution in [0, 0.1) is 5.92 Å². The van der Waals surface area contributed by atoms with Crippen molar-refractivity contribution in [3.63, 3.8) is 0 Å². The summed E-state index contributed by atoms with van der Waals surface area (Å²) < 4.78 is 0. The van der Waals surface area contributed by atoms with Gasteiger partial charge in [-0.3, -0.25) is 0 Å². The minimum absolute atomic E-state index is 0.963. The van der Waals surface area contributed by atoms with E-state index in [1.807, 2.05) is 20.9 Å². The second-order valence-corrected chi connectivity index (χ2v) is 7.70. The van der Waals surface area contributed by atoms with Crippen molar-refractivity contribution in [3.05, 3.63) is 0 Å². The van der Waals surface area contributed by atoms with Crippen molar-refractivity contribution < 1.29 is 0 Å². The molecule has 5 nitrogen and oxygen atoms in total. The molecule has 1 N–H and O–H groups in total. The minimum Gasteiger partial charge on any atom is -0.320 e. The Bertz CT molecular complexity index is 264. The van der Waals surface area contributed by atoms with Gasteiger partial charge in [0, 0.05) is 32.7 Å². The lowest BCUT2D eigenvalue weighted by molar-refractivity contribution is 0.112. The summed E-state index contributed by atoms with van der Waals surface area (Å²) in [7, 11) is 8.61. The fourth-order valence-corrected chi connectivity index (χ4v) is 3.32. The molecule has 0 spiro atoms. The van der Waals surface area contributed by atoms with E-state index >= 15 is 0 Å². The number of rotatable bonds is 7. The van der Waals surface area contributed by atoms with Crippen LogP contribution in [0.2, 0.25) is 0 Å². The Morgan fingerprint density at radius 1 is 0.923 bits per heavy atom. The van der Waals surface area contributed by atoms with E-state index in [0.29, 0.717) is 0 Å². The molecule has 0 unspecified atom stereocenters. The molecule has 26 heavy (non-hydrogen) atoms. The Kier molecular flexibility index (Phi) is 16.8. The van der Waals surface area contributed by atoms with Gasteiger partial charge in [0.15, 0.2) is 0 Å². The van der Waals surface area contributed by atoms with Crippen LogP contribution in [-0.4, -0.2) is 113 Å². The highest BCUT2D eigenvalue weighted by Gasteiger charge is 2.21. The van der Waals surface area contributed by atoms with Crippen LogP contribution in [0.5, 0.6) is 0 Å². The van der Waals surface area contributed by atoms with E-state index in [4.69, 9.17) is 0 Å². The molecule has 2 rings (SSSR count). The average Bonchev–Trinajstić information content (AvgIpc) is 2.67. The molecule has 158 valence electrons. The van der Waals surface area contributed by atoms with Crippen LogP contribution in [0.1, 0.15) is 40.0 Å². The lowest BCUT2D eigenvalue weighted by atomic mass is 9.96. The maximum atomic E-state index is 3.12. The summed E-state index contributed by atoms with van der Waals surface area (Å²) in [4.78, 5) is 9.87. The molecule has 2 fully saturated rings. The standard InChI is InChI=1S/C12H25N3.C7H18N2.C2H6/c1-13-5-3-12(4-6-13)11-15-9-7-14(2)8-10-15;1-4-9(3)7-5-6-8-2;1-2/h12H,3-11H2,1-2H3;8H,4-7H2,1-3H3;1-2H3. The van der Waals surface area contributed by atoms with E-state index in [-0.39, 0.29) is 0 Å². The number of nitrogens with one attached hydrogen (secondary N) is 1. The average molecular weight is 372 g/mol. The second kappa shape index (κ2) is 16.9. The number of hydrogen-bond acceptors (Lipinski definition) is 5. The van der Waals surface area contributed by atoms with Crippen molar-refractivity contribution in [1.29, 1.82) is 0 Å². The van der Waals surface area contributed by atoms with Crippen molar-refractivity contribution in [1.82, 2.24) is 24.9 Å². The van der Waals surface area contributed by atoms with Gasteiger partial charge in [-0.1, -0.05) is 20.8 Å². The lowest BCUT2D eigenvalue weighted by Gasteiger charge is -2.37. The van der Waals surface area contributed by atoms with Crippen LogP contribution in [0.15, 0.2) is 0 Å². The normalized spacial score (nSPS) is 20.3. The molecule has 2 saturated heterocycles. The molecular formula is C21H49N5. The van der Waals surface area contributed by atoms with E-state index in [2.05, 4.69) is 53.0 Å².